The summed E-state index contributed by atoms with van der Waals surface area (Å²) in [6.45, 7) is 3.73. The molecule has 2 rings (SSSR count). The minimum absolute atomic E-state index is 0.0393. The Kier molecular flexibility index (Phi) is 5.57. The Labute approximate surface area is 129 Å². The molecule has 1 aliphatic heterocycles. The molecule has 4 nitrogen and oxygen atoms in total. The molecule has 1 aromatic rings. The van der Waals surface area contributed by atoms with E-state index in [4.69, 9.17) is 15.2 Å². The molecule has 0 amide bonds. The first-order valence-corrected chi connectivity index (χ1v) is 7.66. The fraction of sp³-hybridized carbons (Fsp3) is 0.600. The third kappa shape index (κ3) is 3.40. The molecule has 5 heteroatoms. The van der Waals surface area contributed by atoms with E-state index >= 15 is 0 Å². The van der Waals surface area contributed by atoms with Crippen LogP contribution in [0.5, 0.6) is 0 Å². The molecule has 2 N–H and O–H groups in total. The van der Waals surface area contributed by atoms with E-state index in [1.165, 1.54) is 5.56 Å². The number of hydrogen-bond acceptors (Lipinski definition) is 4. The molecule has 0 saturated carbocycles. The van der Waals surface area contributed by atoms with Crippen LogP contribution >= 0.6 is 15.9 Å². The van der Waals surface area contributed by atoms with Crippen molar-refractivity contribution in [2.24, 2.45) is 5.73 Å². The number of likely N-dealkylation sites (tertiary alicyclic amines) is 1. The zero-order chi connectivity index (χ0) is 14.7. The lowest BCUT2D eigenvalue weighted by Crippen LogP contribution is -2.39. The van der Waals surface area contributed by atoms with Crippen molar-refractivity contribution in [2.45, 2.75) is 31.2 Å². The lowest BCUT2D eigenvalue weighted by atomic mass is 10.00. The molecule has 0 spiro atoms. The second-order valence-corrected chi connectivity index (χ2v) is 6.28. The maximum atomic E-state index is 6.23. The molecule has 1 fully saturated rings. The second-order valence-electron chi connectivity index (χ2n) is 5.36. The minimum Gasteiger partial charge on any atom is -0.377 e. The van der Waals surface area contributed by atoms with Gasteiger partial charge in [-0.3, -0.25) is 4.90 Å². The highest BCUT2D eigenvalue weighted by atomic mass is 79.9. The van der Waals surface area contributed by atoms with Gasteiger partial charge >= 0.3 is 0 Å². The number of methoxy groups -OCH3 is 2. The number of benzene rings is 1. The Bertz CT molecular complexity index is 430. The Morgan fingerprint density at radius 2 is 1.85 bits per heavy atom. The normalized spacial score (nSPS) is 26.6. The molecule has 112 valence electrons. The lowest BCUT2D eigenvalue weighted by Gasteiger charge is -2.31. The molecule has 0 aromatic heterocycles. The van der Waals surface area contributed by atoms with E-state index in [0.717, 1.165) is 17.6 Å². The smallest absolute Gasteiger partial charge is 0.0972 e. The van der Waals surface area contributed by atoms with Crippen LogP contribution in [0.4, 0.5) is 0 Å². The number of nitrogens with two attached hydrogens (primary N) is 1. The van der Waals surface area contributed by atoms with Crippen LogP contribution in [-0.2, 0) is 9.47 Å². The molecular weight excluding hydrogens is 320 g/mol. The predicted molar refractivity (Wildman–Crippen MR) is 83.7 cm³/mol. The standard InChI is InChI=1S/C15H23BrN2O2/c1-10(17)15(11-5-4-6-12(16)7-11)18-8-13(19-2)14(9-18)20-3/h4-7,10,13-15H,8-9,17H2,1-3H3. The zero-order valence-corrected chi connectivity index (χ0v) is 13.8. The SMILES string of the molecule is COC1CN(C(c2cccc(Br)c2)C(C)N)CC1OC. The minimum atomic E-state index is 0.0393. The number of hydrogen-bond donors (Lipinski definition) is 1. The van der Waals surface area contributed by atoms with Gasteiger partial charge in [0.05, 0.1) is 12.2 Å². The fourth-order valence-electron chi connectivity index (χ4n) is 2.99. The van der Waals surface area contributed by atoms with Crippen molar-refractivity contribution in [3.8, 4) is 0 Å². The fourth-order valence-corrected chi connectivity index (χ4v) is 3.41. The van der Waals surface area contributed by atoms with E-state index in [1.807, 2.05) is 19.1 Å². The summed E-state index contributed by atoms with van der Waals surface area (Å²) < 4.78 is 12.1. The van der Waals surface area contributed by atoms with Gasteiger partial charge in [-0.1, -0.05) is 28.1 Å². The van der Waals surface area contributed by atoms with E-state index in [1.54, 1.807) is 14.2 Å². The van der Waals surface area contributed by atoms with Crippen molar-refractivity contribution in [1.29, 1.82) is 0 Å². The molecule has 4 atom stereocenters. The average Bonchev–Trinajstić information content (AvgIpc) is 2.81. The van der Waals surface area contributed by atoms with Crippen LogP contribution in [0.1, 0.15) is 18.5 Å². The van der Waals surface area contributed by atoms with Gasteiger partial charge in [-0.15, -0.1) is 0 Å². The highest BCUT2D eigenvalue weighted by Crippen LogP contribution is 2.30. The Morgan fingerprint density at radius 1 is 1.25 bits per heavy atom. The van der Waals surface area contributed by atoms with E-state index in [2.05, 4.69) is 33.0 Å². The second kappa shape index (κ2) is 7.00. The highest BCUT2D eigenvalue weighted by Gasteiger charge is 2.38. The van der Waals surface area contributed by atoms with Gasteiger partial charge in [0, 0.05) is 43.9 Å². The van der Waals surface area contributed by atoms with Crippen molar-refractivity contribution in [3.63, 3.8) is 0 Å². The summed E-state index contributed by atoms with van der Waals surface area (Å²) in [4.78, 5) is 2.36. The van der Waals surface area contributed by atoms with Crippen molar-refractivity contribution < 1.29 is 9.47 Å². The number of ether oxygens (including phenoxy) is 2. The molecule has 1 aliphatic rings. The molecule has 0 bridgehead atoms. The largest absolute Gasteiger partial charge is 0.377 e. The molecule has 1 saturated heterocycles. The van der Waals surface area contributed by atoms with Crippen LogP contribution in [-0.4, -0.2) is 50.5 Å². The zero-order valence-electron chi connectivity index (χ0n) is 12.3. The van der Waals surface area contributed by atoms with Crippen molar-refractivity contribution >= 4 is 15.9 Å². The summed E-state index contributed by atoms with van der Waals surface area (Å²) in [6.07, 6.45) is 0.210. The molecular formula is C15H23BrN2O2. The third-order valence-corrected chi connectivity index (χ3v) is 4.42. The number of nitrogens with zero attached hydrogens (tertiary/aromatic N) is 1. The van der Waals surface area contributed by atoms with Gasteiger partial charge in [-0.25, -0.2) is 0 Å². The molecule has 0 aliphatic carbocycles. The van der Waals surface area contributed by atoms with Crippen LogP contribution < -0.4 is 5.73 Å². The maximum absolute atomic E-state index is 6.23. The van der Waals surface area contributed by atoms with Gasteiger partial charge in [-0.2, -0.15) is 0 Å². The van der Waals surface area contributed by atoms with Crippen LogP contribution in [0.15, 0.2) is 28.7 Å². The van der Waals surface area contributed by atoms with Crippen molar-refractivity contribution in [2.75, 3.05) is 27.3 Å². The van der Waals surface area contributed by atoms with Crippen molar-refractivity contribution in [1.82, 2.24) is 4.90 Å². The monoisotopic (exact) mass is 342 g/mol. The molecule has 0 radical (unpaired) electrons. The first-order chi connectivity index (χ1) is 9.56. The summed E-state index contributed by atoms with van der Waals surface area (Å²) in [5.41, 5.74) is 7.46. The number of rotatable bonds is 5. The average molecular weight is 343 g/mol. The van der Waals surface area contributed by atoms with E-state index in [9.17, 15) is 0 Å². The van der Waals surface area contributed by atoms with E-state index in [0.29, 0.717) is 0 Å². The van der Waals surface area contributed by atoms with Gasteiger partial charge in [0.1, 0.15) is 0 Å². The van der Waals surface area contributed by atoms with Crippen LogP contribution in [0, 0.1) is 0 Å². The summed E-state index contributed by atoms with van der Waals surface area (Å²) in [5.74, 6) is 0. The van der Waals surface area contributed by atoms with E-state index < -0.39 is 0 Å². The van der Waals surface area contributed by atoms with Gasteiger partial charge in [-0.05, 0) is 24.6 Å². The maximum Gasteiger partial charge on any atom is 0.0972 e. The summed E-state index contributed by atoms with van der Waals surface area (Å²) in [5, 5.41) is 0. The van der Waals surface area contributed by atoms with Crippen LogP contribution in [0.25, 0.3) is 0 Å². The first kappa shape index (κ1) is 15.9. The molecule has 20 heavy (non-hydrogen) atoms. The van der Waals surface area contributed by atoms with Gasteiger partial charge in [0.2, 0.25) is 0 Å². The van der Waals surface area contributed by atoms with Gasteiger partial charge in [0.25, 0.3) is 0 Å². The Hall–Kier alpha value is -0.460. The van der Waals surface area contributed by atoms with Crippen LogP contribution in [0.2, 0.25) is 0 Å². The summed E-state index contributed by atoms with van der Waals surface area (Å²) >= 11 is 3.53. The van der Waals surface area contributed by atoms with Crippen molar-refractivity contribution in [3.05, 3.63) is 34.3 Å². The summed E-state index contributed by atoms with van der Waals surface area (Å²) in [6, 6.07) is 8.55. The van der Waals surface area contributed by atoms with E-state index in [-0.39, 0.29) is 24.3 Å². The highest BCUT2D eigenvalue weighted by molar-refractivity contribution is 9.10. The first-order valence-electron chi connectivity index (χ1n) is 6.87. The molecule has 1 aromatic carbocycles. The molecule has 4 unspecified atom stereocenters. The Balaban J connectivity index is 2.22. The number of halogens is 1. The third-order valence-electron chi connectivity index (χ3n) is 3.93. The van der Waals surface area contributed by atoms with Gasteiger partial charge in [0.15, 0.2) is 0 Å². The van der Waals surface area contributed by atoms with Crippen LogP contribution in [0.3, 0.4) is 0 Å². The van der Waals surface area contributed by atoms with Gasteiger partial charge < -0.3 is 15.2 Å². The predicted octanol–water partition coefficient (Wildman–Crippen LogP) is 2.18. The topological polar surface area (TPSA) is 47.7 Å². The Morgan fingerprint density at radius 3 is 2.30 bits per heavy atom. The quantitative estimate of drug-likeness (QED) is 0.890. The lowest BCUT2D eigenvalue weighted by molar-refractivity contribution is -0.00461. The molecule has 1 heterocycles. The summed E-state index contributed by atoms with van der Waals surface area (Å²) in [7, 11) is 3.47.